The average molecular weight is 417 g/mol. The van der Waals surface area contributed by atoms with Gasteiger partial charge in [-0.2, -0.15) is 0 Å². The van der Waals surface area contributed by atoms with E-state index in [0.29, 0.717) is 19.7 Å². The Balaban J connectivity index is 1.49. The molecule has 3 N–H and O–H groups in total. The number of aromatic nitrogens is 1. The number of hydrogen-bond acceptors (Lipinski definition) is 8. The summed E-state index contributed by atoms with van der Waals surface area (Å²) >= 11 is 1.60. The van der Waals surface area contributed by atoms with Gasteiger partial charge in [-0.1, -0.05) is 0 Å². The van der Waals surface area contributed by atoms with E-state index in [1.807, 2.05) is 29.6 Å². The van der Waals surface area contributed by atoms with Crippen LogP contribution in [0.4, 0.5) is 5.69 Å². The number of carbonyl (C=O) groups is 2. The fraction of sp³-hybridized carbons (Fsp3) is 0.368. The lowest BCUT2D eigenvalue weighted by atomic mass is 9.97. The first-order valence-electron chi connectivity index (χ1n) is 9.13. The van der Waals surface area contributed by atoms with Gasteiger partial charge in [0, 0.05) is 24.4 Å². The van der Waals surface area contributed by atoms with Crippen LogP contribution in [0.5, 0.6) is 5.75 Å². The second-order valence-electron chi connectivity index (χ2n) is 6.44. The van der Waals surface area contributed by atoms with E-state index >= 15 is 0 Å². The minimum Gasteiger partial charge on any atom is -0.487 e. The number of nitrogens with one attached hydrogen (secondary N) is 1. The monoisotopic (exact) mass is 417 g/mol. The Morgan fingerprint density at radius 2 is 2.07 bits per heavy atom. The fourth-order valence-electron chi connectivity index (χ4n) is 3.02. The molecule has 1 aliphatic heterocycles. The van der Waals surface area contributed by atoms with Gasteiger partial charge in [-0.25, -0.2) is 20.6 Å². The summed E-state index contributed by atoms with van der Waals surface area (Å²) in [5.74, 6) is 4.77. The quantitative estimate of drug-likeness (QED) is 0.183. The Hall–Kier alpha value is -2.98. The van der Waals surface area contributed by atoms with Gasteiger partial charge in [0.2, 0.25) is 0 Å². The number of thiazole rings is 1. The van der Waals surface area contributed by atoms with Gasteiger partial charge in [-0.3, -0.25) is 4.79 Å². The van der Waals surface area contributed by atoms with Gasteiger partial charge < -0.3 is 19.8 Å². The van der Waals surface area contributed by atoms with Gasteiger partial charge in [0.05, 0.1) is 23.5 Å². The summed E-state index contributed by atoms with van der Waals surface area (Å²) in [5.41, 5.74) is 3.99. The molecule has 0 bridgehead atoms. The van der Waals surface area contributed by atoms with Gasteiger partial charge in [0.15, 0.2) is 0 Å². The maximum Gasteiger partial charge on any atom is 0.396 e. The summed E-state index contributed by atoms with van der Waals surface area (Å²) in [6, 6.07) is 7.34. The molecule has 1 saturated heterocycles. The highest BCUT2D eigenvalue weighted by atomic mass is 32.1. The molecule has 29 heavy (non-hydrogen) atoms. The smallest absolute Gasteiger partial charge is 0.396 e. The molecule has 1 amide bonds. The summed E-state index contributed by atoms with van der Waals surface area (Å²) in [5, 5.41) is 3.03. The molecule has 1 aliphatic rings. The Bertz CT molecular complexity index is 860. The number of ether oxygens (including phenoxy) is 2. The number of likely N-dealkylation sites (tertiary alicyclic amines) is 1. The van der Waals surface area contributed by atoms with Crippen molar-refractivity contribution in [3.05, 3.63) is 40.3 Å². The number of benzene rings is 1. The Kier molecular flexibility index (Phi) is 7.14. The van der Waals surface area contributed by atoms with Crippen LogP contribution in [0.3, 0.4) is 0 Å². The van der Waals surface area contributed by atoms with Crippen molar-refractivity contribution >= 4 is 35.2 Å². The lowest BCUT2D eigenvalue weighted by molar-refractivity contribution is -0.158. The highest BCUT2D eigenvalue weighted by Crippen LogP contribution is 2.30. The van der Waals surface area contributed by atoms with Crippen LogP contribution in [-0.4, -0.2) is 48.3 Å². The zero-order valence-corrected chi connectivity index (χ0v) is 16.9. The molecule has 1 aromatic heterocycles. The summed E-state index contributed by atoms with van der Waals surface area (Å²) < 4.78 is 10.3. The third kappa shape index (κ3) is 5.52. The molecule has 0 atom stereocenters. The molecule has 10 heteroatoms. The summed E-state index contributed by atoms with van der Waals surface area (Å²) in [6.07, 6.45) is 2.95. The zero-order valence-electron chi connectivity index (χ0n) is 16.0. The average Bonchev–Trinajstić information content (AvgIpc) is 3.25. The van der Waals surface area contributed by atoms with E-state index in [1.54, 1.807) is 11.3 Å². The molecule has 3 rings (SSSR count). The van der Waals surface area contributed by atoms with E-state index in [-0.39, 0.29) is 5.92 Å². The number of amides is 1. The number of nitrogens with two attached hydrogens (primary N) is 1. The Morgan fingerprint density at radius 3 is 2.72 bits per heavy atom. The molecule has 0 unspecified atom stereocenters. The molecule has 1 fully saturated rings. The number of rotatable bonds is 6. The van der Waals surface area contributed by atoms with Gasteiger partial charge in [-0.05, 0) is 37.1 Å². The van der Waals surface area contributed by atoms with Crippen LogP contribution in [-0.2, 0) is 20.9 Å². The van der Waals surface area contributed by atoms with Crippen molar-refractivity contribution in [2.45, 2.75) is 25.4 Å². The highest BCUT2D eigenvalue weighted by molar-refractivity contribution is 7.09. The molecule has 1 aromatic carbocycles. The van der Waals surface area contributed by atoms with Crippen molar-refractivity contribution in [1.29, 1.82) is 0 Å². The zero-order chi connectivity index (χ0) is 20.6. The standard InChI is InChI=1S/C19H23N5O4S/c1-27-19(26)18(25)24-8-6-13(7-9-24)17-23-15(11-29-17)10-28-16-4-2-14(3-5-16)21-12-22-20/h2-5,11-13H,6-10,20H2,1H3,(H,21,22). The molecule has 0 spiro atoms. The van der Waals surface area contributed by atoms with Crippen LogP contribution in [0.25, 0.3) is 0 Å². The van der Waals surface area contributed by atoms with Gasteiger partial charge in [-0.15, -0.1) is 11.3 Å². The van der Waals surface area contributed by atoms with Crippen molar-refractivity contribution in [3.63, 3.8) is 0 Å². The van der Waals surface area contributed by atoms with Gasteiger partial charge in [0.1, 0.15) is 18.7 Å². The van der Waals surface area contributed by atoms with Crippen LogP contribution in [0.15, 0.2) is 34.6 Å². The highest BCUT2D eigenvalue weighted by Gasteiger charge is 2.29. The number of hydrazine groups is 1. The Morgan fingerprint density at radius 1 is 1.34 bits per heavy atom. The van der Waals surface area contributed by atoms with Crippen molar-refractivity contribution in [2.24, 2.45) is 10.8 Å². The number of piperidine rings is 1. The van der Waals surface area contributed by atoms with Crippen molar-refractivity contribution in [2.75, 3.05) is 20.2 Å². The normalized spacial score (nSPS) is 14.8. The minimum atomic E-state index is -0.812. The molecule has 0 aliphatic carbocycles. The van der Waals surface area contributed by atoms with E-state index < -0.39 is 11.9 Å². The lowest BCUT2D eigenvalue weighted by Crippen LogP contribution is -2.42. The molecule has 0 saturated carbocycles. The fourth-order valence-corrected chi connectivity index (χ4v) is 4.00. The van der Waals surface area contributed by atoms with Gasteiger partial charge >= 0.3 is 11.9 Å². The number of nitrogens with zero attached hydrogens (tertiary/aromatic N) is 3. The number of carbonyl (C=O) groups excluding carboxylic acids is 2. The first-order valence-corrected chi connectivity index (χ1v) is 10.0. The SMILES string of the molecule is COC(=O)C(=O)N1CCC(c2nc(COc3ccc(N=CNN)cc3)cs2)CC1. The molecule has 0 radical (unpaired) electrons. The van der Waals surface area contributed by atoms with E-state index in [4.69, 9.17) is 10.6 Å². The molecular weight excluding hydrogens is 394 g/mol. The summed E-state index contributed by atoms with van der Waals surface area (Å²) in [7, 11) is 1.22. The third-order valence-electron chi connectivity index (χ3n) is 4.57. The largest absolute Gasteiger partial charge is 0.487 e. The van der Waals surface area contributed by atoms with Crippen LogP contribution in [0.2, 0.25) is 0 Å². The summed E-state index contributed by atoms with van der Waals surface area (Å²) in [4.78, 5) is 33.6. The van der Waals surface area contributed by atoms with Crippen LogP contribution in [0, 0.1) is 0 Å². The number of aliphatic imine (C=N–C) groups is 1. The number of methoxy groups -OCH3 is 1. The first kappa shape index (κ1) is 20.7. The maximum absolute atomic E-state index is 11.9. The van der Waals surface area contributed by atoms with Crippen molar-refractivity contribution < 1.29 is 19.1 Å². The number of hydrogen-bond donors (Lipinski definition) is 2. The van der Waals surface area contributed by atoms with Crippen molar-refractivity contribution in [1.82, 2.24) is 15.3 Å². The minimum absolute atomic E-state index is 0.281. The van der Waals surface area contributed by atoms with E-state index in [1.165, 1.54) is 18.3 Å². The van der Waals surface area contributed by atoms with E-state index in [0.717, 1.165) is 35.0 Å². The third-order valence-corrected chi connectivity index (χ3v) is 5.63. The molecule has 2 heterocycles. The van der Waals surface area contributed by atoms with Crippen LogP contribution < -0.4 is 16.0 Å². The molecule has 154 valence electrons. The second-order valence-corrected chi connectivity index (χ2v) is 7.33. The molecule has 9 nitrogen and oxygen atoms in total. The predicted octanol–water partition coefficient (Wildman–Crippen LogP) is 1.72. The molecular formula is C19H23N5O4S. The van der Waals surface area contributed by atoms with E-state index in [9.17, 15) is 9.59 Å². The first-order chi connectivity index (χ1) is 14.1. The second kappa shape index (κ2) is 9.99. The van der Waals surface area contributed by atoms with E-state index in [2.05, 4.69) is 20.1 Å². The van der Waals surface area contributed by atoms with Crippen LogP contribution >= 0.6 is 11.3 Å². The topological polar surface area (TPSA) is 119 Å². The van der Waals surface area contributed by atoms with Crippen molar-refractivity contribution in [3.8, 4) is 5.75 Å². The van der Waals surface area contributed by atoms with Gasteiger partial charge in [0.25, 0.3) is 0 Å². The predicted molar refractivity (Wildman–Crippen MR) is 109 cm³/mol. The number of esters is 1. The summed E-state index contributed by atoms with van der Waals surface area (Å²) in [6.45, 7) is 1.43. The van der Waals surface area contributed by atoms with Crippen LogP contribution in [0.1, 0.15) is 29.5 Å². The Labute approximate surface area is 172 Å². The maximum atomic E-state index is 11.9. The molecule has 2 aromatic rings. The lowest BCUT2D eigenvalue weighted by Gasteiger charge is -2.30.